The molecule has 3 amide bonds. The summed E-state index contributed by atoms with van der Waals surface area (Å²) < 4.78 is 12.5. The molecule has 0 bridgehead atoms. The fourth-order valence-electron chi connectivity index (χ4n) is 2.48. The minimum absolute atomic E-state index is 0.0165. The predicted molar refractivity (Wildman–Crippen MR) is 78.7 cm³/mol. The normalized spacial score (nSPS) is 22.6. The van der Waals surface area contributed by atoms with Gasteiger partial charge in [0.2, 0.25) is 0 Å². The van der Waals surface area contributed by atoms with Crippen LogP contribution < -0.4 is 5.32 Å². The van der Waals surface area contributed by atoms with E-state index in [1.165, 1.54) is 0 Å². The number of hydrogen-bond acceptors (Lipinski definition) is 2. The van der Waals surface area contributed by atoms with Crippen molar-refractivity contribution < 1.29 is 14.0 Å². The number of nitrogens with zero attached hydrogens (tertiary/aromatic N) is 1. The van der Waals surface area contributed by atoms with Crippen LogP contribution in [0.4, 0.5) is 9.18 Å². The monoisotopic (exact) mass is 292 g/mol. The van der Waals surface area contributed by atoms with Crippen molar-refractivity contribution in [2.75, 3.05) is 13.2 Å². The first-order chi connectivity index (χ1) is 9.70. The van der Waals surface area contributed by atoms with Crippen molar-refractivity contribution in [3.63, 3.8) is 0 Å². The van der Waals surface area contributed by atoms with E-state index in [0.717, 1.165) is 10.5 Å². The second-order valence-electron chi connectivity index (χ2n) is 6.53. The number of amides is 3. The smallest absolute Gasteiger partial charge is 0.319 e. The number of urea groups is 1. The first-order valence-corrected chi connectivity index (χ1v) is 7.01. The average Bonchev–Trinajstić information content (AvgIpc) is 2.63. The highest BCUT2D eigenvalue weighted by Crippen LogP contribution is 2.30. The molecule has 114 valence electrons. The first-order valence-electron chi connectivity index (χ1n) is 7.01. The van der Waals surface area contributed by atoms with Crippen LogP contribution in [0.5, 0.6) is 0 Å². The van der Waals surface area contributed by atoms with Crippen LogP contribution >= 0.6 is 0 Å². The number of halogens is 1. The number of carbonyl (C=O) groups excluding carboxylic acids is 2. The third kappa shape index (κ3) is 2.64. The summed E-state index contributed by atoms with van der Waals surface area (Å²) in [5.41, 5.74) is 0.744. The van der Waals surface area contributed by atoms with Gasteiger partial charge >= 0.3 is 6.03 Å². The summed E-state index contributed by atoms with van der Waals surface area (Å²) >= 11 is 0. The number of rotatable bonds is 3. The van der Waals surface area contributed by atoms with Crippen LogP contribution in [0.15, 0.2) is 24.3 Å². The highest BCUT2D eigenvalue weighted by Gasteiger charge is 2.48. The molecule has 1 fully saturated rings. The first kappa shape index (κ1) is 15.5. The molecule has 1 unspecified atom stereocenters. The lowest BCUT2D eigenvalue weighted by Gasteiger charge is -2.24. The molecule has 0 aromatic heterocycles. The summed E-state index contributed by atoms with van der Waals surface area (Å²) in [6, 6.07) is 7.06. The molecule has 1 saturated heterocycles. The molecule has 1 aliphatic rings. The maximum Gasteiger partial charge on any atom is 0.325 e. The molecule has 1 heterocycles. The van der Waals surface area contributed by atoms with E-state index in [0.29, 0.717) is 5.56 Å². The summed E-state index contributed by atoms with van der Waals surface area (Å²) in [6.07, 6.45) is 0. The van der Waals surface area contributed by atoms with Crippen LogP contribution in [-0.4, -0.2) is 30.1 Å². The Kier molecular flexibility index (Phi) is 3.78. The van der Waals surface area contributed by atoms with E-state index in [-0.39, 0.29) is 12.0 Å². The Bertz CT molecular complexity index is 563. The van der Waals surface area contributed by atoms with E-state index in [1.54, 1.807) is 6.92 Å². The van der Waals surface area contributed by atoms with Crippen molar-refractivity contribution in [2.24, 2.45) is 0 Å². The van der Waals surface area contributed by atoms with Gasteiger partial charge in [-0.2, -0.15) is 0 Å². The number of imide groups is 1. The van der Waals surface area contributed by atoms with Crippen LogP contribution in [-0.2, 0) is 15.7 Å². The Morgan fingerprint density at radius 3 is 2.24 bits per heavy atom. The van der Waals surface area contributed by atoms with E-state index in [1.807, 2.05) is 24.3 Å². The summed E-state index contributed by atoms with van der Waals surface area (Å²) in [6.45, 7) is 7.02. The number of carbonyl (C=O) groups is 2. The van der Waals surface area contributed by atoms with E-state index in [4.69, 9.17) is 0 Å². The fraction of sp³-hybridized carbons (Fsp3) is 0.500. The zero-order valence-corrected chi connectivity index (χ0v) is 12.9. The van der Waals surface area contributed by atoms with Crippen LogP contribution in [0.25, 0.3) is 0 Å². The zero-order chi connectivity index (χ0) is 15.8. The van der Waals surface area contributed by atoms with Crippen LogP contribution in [0.2, 0.25) is 0 Å². The second-order valence-corrected chi connectivity index (χ2v) is 6.53. The number of hydrogen-bond donors (Lipinski definition) is 1. The number of alkyl halides is 1. The molecule has 4 nitrogen and oxygen atoms in total. The molecule has 2 rings (SSSR count). The summed E-state index contributed by atoms with van der Waals surface area (Å²) in [4.78, 5) is 25.1. The van der Waals surface area contributed by atoms with Gasteiger partial charge in [0.05, 0.1) is 6.54 Å². The number of benzene rings is 1. The Labute approximate surface area is 124 Å². The third-order valence-corrected chi connectivity index (χ3v) is 3.91. The molecule has 1 aromatic carbocycles. The lowest BCUT2D eigenvalue weighted by Crippen LogP contribution is -2.41. The van der Waals surface area contributed by atoms with Gasteiger partial charge in [-0.05, 0) is 23.5 Å². The van der Waals surface area contributed by atoms with Gasteiger partial charge in [0.15, 0.2) is 0 Å². The molecule has 1 aromatic rings. The van der Waals surface area contributed by atoms with Gasteiger partial charge in [-0.15, -0.1) is 0 Å². The largest absolute Gasteiger partial charge is 0.325 e. The fourth-order valence-corrected chi connectivity index (χ4v) is 2.48. The molecule has 1 aliphatic heterocycles. The molecule has 1 atom stereocenters. The molecular weight excluding hydrogens is 271 g/mol. The van der Waals surface area contributed by atoms with Gasteiger partial charge in [-0.25, -0.2) is 9.18 Å². The molecular formula is C16H21FN2O2. The van der Waals surface area contributed by atoms with Gasteiger partial charge in [0.1, 0.15) is 12.2 Å². The van der Waals surface area contributed by atoms with Crippen LogP contribution in [0, 0.1) is 0 Å². The Morgan fingerprint density at radius 1 is 1.19 bits per heavy atom. The quantitative estimate of drug-likeness (QED) is 0.871. The lowest BCUT2D eigenvalue weighted by molar-refractivity contribution is -0.131. The summed E-state index contributed by atoms with van der Waals surface area (Å²) in [5.74, 6) is -0.409. The standard InChI is InChI=1S/C16H21FN2O2/c1-15(2,3)11-5-7-12(8-6-11)16(4)13(20)19(10-9-17)14(21)18-16/h5-8H,9-10H2,1-4H3,(H,18,21). The van der Waals surface area contributed by atoms with Crippen molar-refractivity contribution in [2.45, 2.75) is 38.6 Å². The van der Waals surface area contributed by atoms with Gasteiger partial charge < -0.3 is 5.32 Å². The van der Waals surface area contributed by atoms with Gasteiger partial charge in [-0.1, -0.05) is 45.0 Å². The Morgan fingerprint density at radius 2 is 1.76 bits per heavy atom. The van der Waals surface area contributed by atoms with Crippen LogP contribution in [0.3, 0.4) is 0 Å². The number of nitrogens with one attached hydrogen (secondary N) is 1. The van der Waals surface area contributed by atoms with Gasteiger partial charge in [-0.3, -0.25) is 9.69 Å². The van der Waals surface area contributed by atoms with E-state index < -0.39 is 24.2 Å². The van der Waals surface area contributed by atoms with Crippen molar-refractivity contribution in [1.29, 1.82) is 0 Å². The Balaban J connectivity index is 2.33. The molecule has 1 N–H and O–H groups in total. The molecule has 0 saturated carbocycles. The van der Waals surface area contributed by atoms with Gasteiger partial charge in [0.25, 0.3) is 5.91 Å². The van der Waals surface area contributed by atoms with E-state index >= 15 is 0 Å². The molecule has 0 spiro atoms. The van der Waals surface area contributed by atoms with Gasteiger partial charge in [0, 0.05) is 0 Å². The minimum Gasteiger partial charge on any atom is -0.319 e. The molecule has 0 aliphatic carbocycles. The second kappa shape index (κ2) is 5.13. The SMILES string of the molecule is CC(C)(C)c1ccc(C2(C)NC(=O)N(CCF)C2=O)cc1. The molecule has 0 radical (unpaired) electrons. The van der Waals surface area contributed by atoms with Crippen molar-refractivity contribution in [3.05, 3.63) is 35.4 Å². The average molecular weight is 292 g/mol. The van der Waals surface area contributed by atoms with Crippen molar-refractivity contribution in [3.8, 4) is 0 Å². The maximum atomic E-state index is 12.5. The zero-order valence-electron chi connectivity index (χ0n) is 12.9. The van der Waals surface area contributed by atoms with Crippen LogP contribution in [0.1, 0.15) is 38.8 Å². The molecule has 21 heavy (non-hydrogen) atoms. The summed E-state index contributed by atoms with van der Waals surface area (Å²) in [7, 11) is 0. The van der Waals surface area contributed by atoms with Crippen molar-refractivity contribution in [1.82, 2.24) is 10.2 Å². The minimum atomic E-state index is -1.12. The third-order valence-electron chi connectivity index (χ3n) is 3.91. The van der Waals surface area contributed by atoms with Crippen molar-refractivity contribution >= 4 is 11.9 Å². The highest BCUT2D eigenvalue weighted by atomic mass is 19.1. The van der Waals surface area contributed by atoms with E-state index in [9.17, 15) is 14.0 Å². The van der Waals surface area contributed by atoms with E-state index in [2.05, 4.69) is 26.1 Å². The highest BCUT2D eigenvalue weighted by molar-refractivity contribution is 6.07. The summed E-state index contributed by atoms with van der Waals surface area (Å²) in [5, 5.41) is 2.66. The maximum absolute atomic E-state index is 12.5. The lowest BCUT2D eigenvalue weighted by atomic mass is 9.84. The Hall–Kier alpha value is -1.91. The predicted octanol–water partition coefficient (Wildman–Crippen LogP) is 2.72. The molecule has 5 heteroatoms. The topological polar surface area (TPSA) is 49.4 Å².